The summed E-state index contributed by atoms with van der Waals surface area (Å²) in [4.78, 5) is 4.19. The van der Waals surface area contributed by atoms with Crippen molar-refractivity contribution in [3.05, 3.63) is 30.0 Å². The number of sulfonamides is 1. The van der Waals surface area contributed by atoms with Crippen LogP contribution in [0.3, 0.4) is 0 Å². The fourth-order valence-electron chi connectivity index (χ4n) is 2.15. The predicted molar refractivity (Wildman–Crippen MR) is 79.2 cm³/mol. The van der Waals surface area contributed by atoms with Crippen LogP contribution in [0.2, 0.25) is 0 Å². The molecule has 1 N–H and O–H groups in total. The number of hydrogen-bond acceptors (Lipinski definition) is 4. The molecule has 0 aromatic carbocycles. The Morgan fingerprint density at radius 1 is 1.33 bits per heavy atom. The van der Waals surface area contributed by atoms with Gasteiger partial charge in [-0.25, -0.2) is 18.1 Å². The number of aryl methyl sites for hydroxylation is 3. The molecule has 0 unspecified atom stereocenters. The summed E-state index contributed by atoms with van der Waals surface area (Å²) in [6, 6.07) is 1.57. The van der Waals surface area contributed by atoms with E-state index in [1.54, 1.807) is 19.2 Å². The lowest BCUT2D eigenvalue weighted by atomic mass is 10.4. The minimum atomic E-state index is -3.59. The largest absolute Gasteiger partial charge is 0.334 e. The van der Waals surface area contributed by atoms with Crippen molar-refractivity contribution in [2.45, 2.75) is 51.9 Å². The maximum Gasteiger partial charge on any atom is 0.258 e. The van der Waals surface area contributed by atoms with Crippen molar-refractivity contribution in [2.24, 2.45) is 0 Å². The second kappa shape index (κ2) is 6.40. The molecule has 2 rings (SSSR count). The van der Waals surface area contributed by atoms with Gasteiger partial charge in [0.05, 0.1) is 12.2 Å². The summed E-state index contributed by atoms with van der Waals surface area (Å²) in [6.45, 7) is 7.20. The molecule has 7 nitrogen and oxygen atoms in total. The lowest BCUT2D eigenvalue weighted by molar-refractivity contribution is 0.538. The molecule has 0 fully saturated rings. The van der Waals surface area contributed by atoms with Crippen molar-refractivity contribution in [3.8, 4) is 0 Å². The normalized spacial score (nSPS) is 12.0. The van der Waals surface area contributed by atoms with E-state index in [0.717, 1.165) is 13.0 Å². The average Bonchev–Trinajstić information content (AvgIpc) is 3.03. The molecule has 0 aliphatic heterocycles. The van der Waals surface area contributed by atoms with Gasteiger partial charge in [-0.1, -0.05) is 6.92 Å². The van der Waals surface area contributed by atoms with Gasteiger partial charge in [-0.3, -0.25) is 4.68 Å². The number of rotatable bonds is 7. The second-order valence-electron chi connectivity index (χ2n) is 4.80. The summed E-state index contributed by atoms with van der Waals surface area (Å²) in [5, 5.41) is 4.35. The fraction of sp³-hybridized carbons (Fsp3) is 0.538. The molecule has 2 aromatic rings. The second-order valence-corrected chi connectivity index (χ2v) is 6.51. The highest BCUT2D eigenvalue weighted by Gasteiger charge is 2.20. The maximum atomic E-state index is 12.4. The monoisotopic (exact) mass is 311 g/mol. The van der Waals surface area contributed by atoms with Crippen LogP contribution in [0.5, 0.6) is 0 Å². The summed E-state index contributed by atoms with van der Waals surface area (Å²) >= 11 is 0. The number of aromatic nitrogens is 4. The molecular formula is C13H21N5O2S. The summed E-state index contributed by atoms with van der Waals surface area (Å²) in [5.74, 6) is 0.708. The van der Waals surface area contributed by atoms with E-state index < -0.39 is 10.0 Å². The van der Waals surface area contributed by atoms with Crippen molar-refractivity contribution < 1.29 is 8.42 Å². The third-order valence-electron chi connectivity index (χ3n) is 3.13. The van der Waals surface area contributed by atoms with Crippen molar-refractivity contribution >= 4 is 10.0 Å². The van der Waals surface area contributed by atoms with Crippen molar-refractivity contribution in [1.29, 1.82) is 0 Å². The first kappa shape index (κ1) is 15.7. The number of nitrogens with one attached hydrogen (secondary N) is 1. The van der Waals surface area contributed by atoms with Gasteiger partial charge in [0.1, 0.15) is 5.82 Å². The molecule has 0 atom stereocenters. The quantitative estimate of drug-likeness (QED) is 0.835. The minimum Gasteiger partial charge on any atom is -0.334 e. The van der Waals surface area contributed by atoms with Crippen molar-refractivity contribution in [2.75, 3.05) is 0 Å². The molecule has 21 heavy (non-hydrogen) atoms. The van der Waals surface area contributed by atoms with E-state index in [2.05, 4.69) is 21.7 Å². The average molecular weight is 311 g/mol. The standard InChI is InChI=1S/C13H21N5O2S/c1-4-7-17-8-6-14-12(17)10-15-21(19,20)13-9-11(3)16-18(13)5-2/h6,8-9,15H,4-5,7,10H2,1-3H3. The molecule has 0 radical (unpaired) electrons. The van der Waals surface area contributed by atoms with Crippen LogP contribution in [0.15, 0.2) is 23.5 Å². The van der Waals surface area contributed by atoms with Gasteiger partial charge >= 0.3 is 0 Å². The molecule has 8 heteroatoms. The molecule has 0 saturated heterocycles. The van der Waals surface area contributed by atoms with Gasteiger partial charge in [0.15, 0.2) is 5.03 Å². The molecule has 0 aliphatic carbocycles. The Balaban J connectivity index is 2.16. The Bertz CT molecular complexity index is 702. The molecule has 0 spiro atoms. The number of hydrogen-bond donors (Lipinski definition) is 1. The van der Waals surface area contributed by atoms with E-state index in [9.17, 15) is 8.42 Å². The molecular weight excluding hydrogens is 290 g/mol. The Labute approximate surface area is 125 Å². The summed E-state index contributed by atoms with van der Waals surface area (Å²) in [7, 11) is -3.59. The van der Waals surface area contributed by atoms with Crippen LogP contribution in [0.1, 0.15) is 31.8 Å². The molecule has 0 amide bonds. The first-order valence-corrected chi connectivity index (χ1v) is 8.50. The highest BCUT2D eigenvalue weighted by molar-refractivity contribution is 7.89. The minimum absolute atomic E-state index is 0.170. The zero-order valence-electron chi connectivity index (χ0n) is 12.6. The van der Waals surface area contributed by atoms with Crippen molar-refractivity contribution in [3.63, 3.8) is 0 Å². The van der Waals surface area contributed by atoms with E-state index in [-0.39, 0.29) is 11.6 Å². The number of nitrogens with zero attached hydrogens (tertiary/aromatic N) is 4. The lowest BCUT2D eigenvalue weighted by Crippen LogP contribution is -2.27. The zero-order chi connectivity index (χ0) is 15.5. The first-order valence-electron chi connectivity index (χ1n) is 7.02. The van der Waals surface area contributed by atoms with Crippen molar-refractivity contribution in [1.82, 2.24) is 24.1 Å². The van der Waals surface area contributed by atoms with Crippen LogP contribution in [-0.4, -0.2) is 27.7 Å². The van der Waals surface area contributed by atoms with Crippen LogP contribution >= 0.6 is 0 Å². The molecule has 0 saturated carbocycles. The van der Waals surface area contributed by atoms with Gasteiger partial charge in [0, 0.05) is 25.5 Å². The van der Waals surface area contributed by atoms with Crippen LogP contribution in [-0.2, 0) is 29.7 Å². The van der Waals surface area contributed by atoms with Gasteiger partial charge in [0.2, 0.25) is 0 Å². The predicted octanol–water partition coefficient (Wildman–Crippen LogP) is 1.30. The Morgan fingerprint density at radius 3 is 2.76 bits per heavy atom. The molecule has 116 valence electrons. The number of imidazole rings is 1. The van der Waals surface area contributed by atoms with E-state index in [1.807, 2.05) is 17.7 Å². The van der Waals surface area contributed by atoms with Gasteiger partial charge in [-0.2, -0.15) is 5.10 Å². The first-order chi connectivity index (χ1) is 9.97. The highest BCUT2D eigenvalue weighted by atomic mass is 32.2. The highest BCUT2D eigenvalue weighted by Crippen LogP contribution is 2.11. The summed E-state index contributed by atoms with van der Waals surface area (Å²) < 4.78 is 30.8. The fourth-order valence-corrected chi connectivity index (χ4v) is 3.39. The van der Waals surface area contributed by atoms with Gasteiger partial charge in [0.25, 0.3) is 10.0 Å². The Hall–Kier alpha value is -1.67. The van der Waals surface area contributed by atoms with Crippen LogP contribution in [0.4, 0.5) is 0 Å². The smallest absolute Gasteiger partial charge is 0.258 e. The van der Waals surface area contributed by atoms with E-state index >= 15 is 0 Å². The van der Waals surface area contributed by atoms with Crippen LogP contribution in [0, 0.1) is 6.92 Å². The Kier molecular flexibility index (Phi) is 4.79. The van der Waals surface area contributed by atoms with Crippen LogP contribution in [0.25, 0.3) is 0 Å². The Morgan fingerprint density at radius 2 is 2.10 bits per heavy atom. The summed E-state index contributed by atoms with van der Waals surface area (Å²) in [5.41, 5.74) is 0.685. The van der Waals surface area contributed by atoms with Gasteiger partial charge < -0.3 is 4.57 Å². The van der Waals surface area contributed by atoms with E-state index in [4.69, 9.17) is 0 Å². The van der Waals surface area contributed by atoms with E-state index in [0.29, 0.717) is 18.1 Å². The van der Waals surface area contributed by atoms with Gasteiger partial charge in [-0.05, 0) is 26.3 Å². The molecule has 2 aromatic heterocycles. The van der Waals surface area contributed by atoms with Crippen LogP contribution < -0.4 is 4.72 Å². The third-order valence-corrected chi connectivity index (χ3v) is 4.53. The molecule has 2 heterocycles. The maximum absolute atomic E-state index is 12.4. The topological polar surface area (TPSA) is 81.8 Å². The third kappa shape index (κ3) is 3.51. The zero-order valence-corrected chi connectivity index (χ0v) is 13.4. The molecule has 0 bridgehead atoms. The molecule has 0 aliphatic rings. The SMILES string of the molecule is CCCn1ccnc1CNS(=O)(=O)c1cc(C)nn1CC. The summed E-state index contributed by atoms with van der Waals surface area (Å²) in [6.07, 6.45) is 4.51. The van der Waals surface area contributed by atoms with Gasteiger partial charge in [-0.15, -0.1) is 0 Å². The lowest BCUT2D eigenvalue weighted by Gasteiger charge is -2.09. The van der Waals surface area contributed by atoms with E-state index in [1.165, 1.54) is 4.68 Å².